The van der Waals surface area contributed by atoms with Gasteiger partial charge in [-0.2, -0.15) is 0 Å². The van der Waals surface area contributed by atoms with Crippen LogP contribution in [0, 0.1) is 10.9 Å². The second-order valence-electron chi connectivity index (χ2n) is 6.67. The molecule has 0 saturated heterocycles. The van der Waals surface area contributed by atoms with Crippen LogP contribution in [0.5, 0.6) is 0 Å². The highest BCUT2D eigenvalue weighted by Crippen LogP contribution is 2.25. The van der Waals surface area contributed by atoms with E-state index >= 15 is 0 Å². The van der Waals surface area contributed by atoms with Crippen LogP contribution in [-0.2, 0) is 24.3 Å². The summed E-state index contributed by atoms with van der Waals surface area (Å²) in [5, 5.41) is 2.05. The zero-order valence-corrected chi connectivity index (χ0v) is 16.3. The van der Waals surface area contributed by atoms with Gasteiger partial charge in [0.1, 0.15) is 6.54 Å². The first-order valence-electron chi connectivity index (χ1n) is 8.72. The van der Waals surface area contributed by atoms with Crippen LogP contribution < -0.4 is 0 Å². The van der Waals surface area contributed by atoms with Gasteiger partial charge >= 0.3 is 0 Å². The molecule has 1 aliphatic rings. The van der Waals surface area contributed by atoms with Crippen molar-refractivity contribution in [2.45, 2.75) is 26.4 Å². The molecule has 0 spiro atoms. The van der Waals surface area contributed by atoms with E-state index in [0.717, 1.165) is 28.2 Å². The molecule has 4 rings (SSSR count). The highest BCUT2D eigenvalue weighted by Gasteiger charge is 2.21. The summed E-state index contributed by atoms with van der Waals surface area (Å²) >= 11 is 7.01. The first-order chi connectivity index (χ1) is 12.6. The monoisotopic (exact) mass is 380 g/mol. The number of carbonyl (C=O) groups is 1. The number of rotatable bonds is 3. The zero-order chi connectivity index (χ0) is 18.1. The number of amides is 1. The topological polar surface area (TPSA) is 25.2 Å². The van der Waals surface area contributed by atoms with E-state index in [9.17, 15) is 4.79 Å². The smallest absolute Gasteiger partial charge is 0.242 e. The molecule has 5 heteroatoms. The predicted octanol–water partition coefficient (Wildman–Crippen LogP) is 4.84. The van der Waals surface area contributed by atoms with E-state index in [0.29, 0.717) is 13.1 Å². The molecule has 1 amide bonds. The first-order valence-corrected chi connectivity index (χ1v) is 10.0. The van der Waals surface area contributed by atoms with Crippen molar-refractivity contribution >= 4 is 29.5 Å². The van der Waals surface area contributed by atoms with E-state index in [1.807, 2.05) is 20.9 Å². The molecule has 2 aromatic carbocycles. The molecular weight excluding hydrogens is 360 g/mol. The van der Waals surface area contributed by atoms with Crippen molar-refractivity contribution in [1.29, 1.82) is 0 Å². The molecule has 1 aliphatic heterocycles. The molecule has 0 radical (unpaired) electrons. The molecule has 3 aromatic rings. The summed E-state index contributed by atoms with van der Waals surface area (Å²) in [7, 11) is 0. The molecular formula is C21H20N2OS2. The van der Waals surface area contributed by atoms with E-state index in [-0.39, 0.29) is 5.91 Å². The van der Waals surface area contributed by atoms with Crippen molar-refractivity contribution in [2.24, 2.45) is 0 Å². The first kappa shape index (κ1) is 17.2. The standard InChI is InChI=1S/C21H20N2OS2/c1-15-6-8-17(9-7-15)19-14-26-21(25)23(19)13-20(24)22-11-10-16-4-2-3-5-18(16)12-22/h2-9,14H,10-13H2,1H3. The van der Waals surface area contributed by atoms with E-state index in [1.165, 1.54) is 28.0 Å². The van der Waals surface area contributed by atoms with Gasteiger partial charge in [0.25, 0.3) is 0 Å². The van der Waals surface area contributed by atoms with Crippen molar-refractivity contribution in [3.63, 3.8) is 0 Å². The number of aromatic nitrogens is 1. The number of benzene rings is 2. The van der Waals surface area contributed by atoms with Gasteiger partial charge in [-0.05, 0) is 42.3 Å². The summed E-state index contributed by atoms with van der Waals surface area (Å²) in [6.07, 6.45) is 0.918. The molecule has 26 heavy (non-hydrogen) atoms. The van der Waals surface area contributed by atoms with Crippen molar-refractivity contribution in [3.8, 4) is 11.3 Å². The van der Waals surface area contributed by atoms with Crippen LogP contribution in [0.3, 0.4) is 0 Å². The number of aryl methyl sites for hydroxylation is 1. The number of hydrogen-bond donors (Lipinski definition) is 0. The van der Waals surface area contributed by atoms with Crippen LogP contribution in [0.25, 0.3) is 11.3 Å². The Labute approximate surface area is 162 Å². The van der Waals surface area contributed by atoms with Crippen LogP contribution >= 0.6 is 23.6 Å². The second-order valence-corrected chi connectivity index (χ2v) is 8.18. The highest BCUT2D eigenvalue weighted by atomic mass is 32.1. The molecule has 0 N–H and O–H groups in total. The fourth-order valence-corrected chi connectivity index (χ4v) is 4.45. The maximum atomic E-state index is 12.9. The van der Waals surface area contributed by atoms with Gasteiger partial charge in [0.15, 0.2) is 3.95 Å². The van der Waals surface area contributed by atoms with E-state index in [2.05, 4.69) is 49.4 Å². The van der Waals surface area contributed by atoms with Crippen LogP contribution in [0.1, 0.15) is 16.7 Å². The third-order valence-corrected chi connectivity index (χ3v) is 6.18. The molecule has 0 unspecified atom stereocenters. The largest absolute Gasteiger partial charge is 0.336 e. The van der Waals surface area contributed by atoms with Crippen LogP contribution in [-0.4, -0.2) is 21.9 Å². The average Bonchev–Trinajstić information content (AvgIpc) is 3.02. The maximum Gasteiger partial charge on any atom is 0.242 e. The van der Waals surface area contributed by atoms with Gasteiger partial charge in [0, 0.05) is 18.5 Å². The minimum Gasteiger partial charge on any atom is -0.336 e. The molecule has 0 aliphatic carbocycles. The SMILES string of the molecule is Cc1ccc(-c2csc(=S)n2CC(=O)N2CCc3ccccc3C2)cc1. The summed E-state index contributed by atoms with van der Waals surface area (Å²) in [6, 6.07) is 16.7. The van der Waals surface area contributed by atoms with Gasteiger partial charge in [-0.15, -0.1) is 11.3 Å². The lowest BCUT2D eigenvalue weighted by molar-refractivity contribution is -0.132. The molecule has 1 aromatic heterocycles. The normalized spacial score (nSPS) is 13.5. The Hall–Kier alpha value is -2.24. The minimum atomic E-state index is 0.127. The number of thiazole rings is 1. The Morgan fingerprint density at radius 2 is 1.85 bits per heavy atom. The van der Waals surface area contributed by atoms with Crippen LogP contribution in [0.4, 0.5) is 0 Å². The van der Waals surface area contributed by atoms with Gasteiger partial charge in [-0.1, -0.05) is 54.1 Å². The lowest BCUT2D eigenvalue weighted by Crippen LogP contribution is -2.38. The van der Waals surface area contributed by atoms with Gasteiger partial charge in [0.05, 0.1) is 5.69 Å². The molecule has 2 heterocycles. The average molecular weight is 381 g/mol. The van der Waals surface area contributed by atoms with Crippen molar-refractivity contribution in [1.82, 2.24) is 9.47 Å². The lowest BCUT2D eigenvalue weighted by Gasteiger charge is -2.29. The molecule has 0 bridgehead atoms. The maximum absolute atomic E-state index is 12.9. The summed E-state index contributed by atoms with van der Waals surface area (Å²) in [5.74, 6) is 0.127. The summed E-state index contributed by atoms with van der Waals surface area (Å²) in [5.41, 5.74) is 5.94. The van der Waals surface area contributed by atoms with Crippen molar-refractivity contribution in [3.05, 3.63) is 74.6 Å². The van der Waals surface area contributed by atoms with Gasteiger partial charge in [0.2, 0.25) is 5.91 Å². The van der Waals surface area contributed by atoms with Crippen LogP contribution in [0.15, 0.2) is 53.9 Å². The zero-order valence-electron chi connectivity index (χ0n) is 14.6. The number of carbonyl (C=O) groups excluding carboxylic acids is 1. The summed E-state index contributed by atoms with van der Waals surface area (Å²) in [4.78, 5) is 14.9. The Bertz CT molecular complexity index is 1000. The molecule has 3 nitrogen and oxygen atoms in total. The predicted molar refractivity (Wildman–Crippen MR) is 109 cm³/mol. The van der Waals surface area contributed by atoms with Crippen LogP contribution in [0.2, 0.25) is 0 Å². The lowest BCUT2D eigenvalue weighted by atomic mass is 10.00. The van der Waals surface area contributed by atoms with Gasteiger partial charge in [-0.25, -0.2) is 0 Å². The van der Waals surface area contributed by atoms with Crippen molar-refractivity contribution in [2.75, 3.05) is 6.54 Å². The quantitative estimate of drug-likeness (QED) is 0.608. The van der Waals surface area contributed by atoms with E-state index < -0.39 is 0 Å². The minimum absolute atomic E-state index is 0.127. The second kappa shape index (κ2) is 7.17. The molecule has 0 atom stereocenters. The molecule has 0 fully saturated rings. The number of nitrogens with zero attached hydrogens (tertiary/aromatic N) is 2. The van der Waals surface area contributed by atoms with Crippen molar-refractivity contribution < 1.29 is 4.79 Å². The fourth-order valence-electron chi connectivity index (χ4n) is 3.37. The number of fused-ring (bicyclic) bond motifs is 1. The van der Waals surface area contributed by atoms with E-state index in [1.54, 1.807) is 0 Å². The van der Waals surface area contributed by atoms with Gasteiger partial charge < -0.3 is 9.47 Å². The Morgan fingerprint density at radius 1 is 1.12 bits per heavy atom. The fraction of sp³-hybridized carbons (Fsp3) is 0.238. The molecule has 132 valence electrons. The van der Waals surface area contributed by atoms with Gasteiger partial charge in [-0.3, -0.25) is 4.79 Å². The molecule has 0 saturated carbocycles. The highest BCUT2D eigenvalue weighted by molar-refractivity contribution is 7.73. The summed E-state index contributed by atoms with van der Waals surface area (Å²) in [6.45, 7) is 3.83. The Kier molecular flexibility index (Phi) is 4.74. The Balaban J connectivity index is 1.56. The summed E-state index contributed by atoms with van der Waals surface area (Å²) < 4.78 is 2.71. The third-order valence-electron chi connectivity index (χ3n) is 4.91. The third kappa shape index (κ3) is 3.37. The Morgan fingerprint density at radius 3 is 2.62 bits per heavy atom. The number of hydrogen-bond acceptors (Lipinski definition) is 3. The van der Waals surface area contributed by atoms with E-state index in [4.69, 9.17) is 12.2 Å².